The number of carbonyl (C=O) groups excluding carboxylic acids is 1. The molecule has 1 aliphatic heterocycles. The van der Waals surface area contributed by atoms with E-state index < -0.39 is 0 Å². The van der Waals surface area contributed by atoms with Gasteiger partial charge in [0.2, 0.25) is 0 Å². The van der Waals surface area contributed by atoms with Gasteiger partial charge in [-0.25, -0.2) is 0 Å². The molecule has 4 heteroatoms. The van der Waals surface area contributed by atoms with Crippen molar-refractivity contribution in [3.63, 3.8) is 0 Å². The topological polar surface area (TPSA) is 53.2 Å². The molecule has 2 aliphatic rings. The molecule has 0 radical (unpaired) electrons. The van der Waals surface area contributed by atoms with Gasteiger partial charge in [0.1, 0.15) is 0 Å². The summed E-state index contributed by atoms with van der Waals surface area (Å²) in [7, 11) is 1.92. The van der Waals surface area contributed by atoms with Crippen LogP contribution in [0.3, 0.4) is 0 Å². The highest BCUT2D eigenvalue weighted by molar-refractivity contribution is 5.93. The molecule has 0 spiro atoms. The summed E-state index contributed by atoms with van der Waals surface area (Å²) in [5.41, 5.74) is -0.239. The first kappa shape index (κ1) is 11.0. The first-order valence-electron chi connectivity index (χ1n) is 5.96. The molecule has 86 valence electrons. The van der Waals surface area contributed by atoms with E-state index in [1.54, 1.807) is 0 Å². The van der Waals surface area contributed by atoms with Crippen LogP contribution in [0.2, 0.25) is 0 Å². The minimum atomic E-state index is -0.239. The standard InChI is InChI=1S/C11H21N3O/c1-12-11(4-2-3-5-11)10(15)9-8-13-6-7-14-9/h9,12-14H,2-8H2,1H3. The molecule has 1 saturated heterocycles. The van der Waals surface area contributed by atoms with Crippen LogP contribution in [-0.4, -0.2) is 44.0 Å². The molecule has 0 aromatic heterocycles. The van der Waals surface area contributed by atoms with Crippen LogP contribution in [0.25, 0.3) is 0 Å². The van der Waals surface area contributed by atoms with Crippen molar-refractivity contribution >= 4 is 5.78 Å². The Morgan fingerprint density at radius 3 is 2.60 bits per heavy atom. The Morgan fingerprint density at radius 2 is 2.07 bits per heavy atom. The van der Waals surface area contributed by atoms with Crippen molar-refractivity contribution in [3.8, 4) is 0 Å². The molecule has 4 nitrogen and oxygen atoms in total. The highest BCUT2D eigenvalue weighted by atomic mass is 16.1. The first-order valence-corrected chi connectivity index (χ1v) is 5.96. The van der Waals surface area contributed by atoms with Crippen LogP contribution in [0.1, 0.15) is 25.7 Å². The lowest BCUT2D eigenvalue weighted by atomic mass is 9.87. The van der Waals surface area contributed by atoms with Gasteiger partial charge in [-0.3, -0.25) is 4.79 Å². The fraction of sp³-hybridized carbons (Fsp3) is 0.909. The molecule has 0 aromatic carbocycles. The smallest absolute Gasteiger partial charge is 0.170 e. The minimum Gasteiger partial charge on any atom is -0.313 e. The number of hydrogen-bond donors (Lipinski definition) is 3. The molecule has 1 aliphatic carbocycles. The van der Waals surface area contributed by atoms with E-state index in [2.05, 4.69) is 16.0 Å². The Balaban J connectivity index is 2.03. The third kappa shape index (κ3) is 2.07. The summed E-state index contributed by atoms with van der Waals surface area (Å²) >= 11 is 0. The van der Waals surface area contributed by atoms with Gasteiger partial charge >= 0.3 is 0 Å². The zero-order valence-corrected chi connectivity index (χ0v) is 9.44. The van der Waals surface area contributed by atoms with Crippen molar-refractivity contribution in [2.75, 3.05) is 26.7 Å². The predicted molar refractivity (Wildman–Crippen MR) is 59.9 cm³/mol. The molecule has 0 amide bonds. The van der Waals surface area contributed by atoms with Crippen molar-refractivity contribution in [2.45, 2.75) is 37.3 Å². The van der Waals surface area contributed by atoms with Crippen LogP contribution in [0.4, 0.5) is 0 Å². The number of likely N-dealkylation sites (N-methyl/N-ethyl adjacent to an activating group) is 1. The summed E-state index contributed by atoms with van der Waals surface area (Å²) in [5.74, 6) is 0.356. The monoisotopic (exact) mass is 211 g/mol. The molecule has 1 saturated carbocycles. The van der Waals surface area contributed by atoms with E-state index in [-0.39, 0.29) is 11.6 Å². The van der Waals surface area contributed by atoms with Gasteiger partial charge in [0.25, 0.3) is 0 Å². The Morgan fingerprint density at radius 1 is 1.33 bits per heavy atom. The van der Waals surface area contributed by atoms with Crippen LogP contribution in [0.5, 0.6) is 0 Å². The molecule has 0 aromatic rings. The Bertz CT molecular complexity index is 230. The molecule has 2 fully saturated rings. The predicted octanol–water partition coefficient (Wildman–Crippen LogP) is -0.351. The maximum atomic E-state index is 12.4. The summed E-state index contributed by atoms with van der Waals surface area (Å²) in [5, 5.41) is 9.83. The van der Waals surface area contributed by atoms with Crippen molar-refractivity contribution < 1.29 is 4.79 Å². The van der Waals surface area contributed by atoms with Gasteiger partial charge in [-0.1, -0.05) is 12.8 Å². The summed E-state index contributed by atoms with van der Waals surface area (Å²) in [6.45, 7) is 2.65. The number of Topliss-reactive ketones (excluding diaryl/α,β-unsaturated/α-hetero) is 1. The van der Waals surface area contributed by atoms with Crippen molar-refractivity contribution in [1.82, 2.24) is 16.0 Å². The van der Waals surface area contributed by atoms with Gasteiger partial charge in [-0.05, 0) is 19.9 Å². The Kier molecular flexibility index (Phi) is 3.38. The van der Waals surface area contributed by atoms with E-state index in [1.165, 1.54) is 12.8 Å². The summed E-state index contributed by atoms with van der Waals surface area (Å²) in [6.07, 6.45) is 4.35. The van der Waals surface area contributed by atoms with E-state index in [1.807, 2.05) is 7.05 Å². The summed E-state index contributed by atoms with van der Waals surface area (Å²) in [6, 6.07) is 0.00398. The molecule has 2 rings (SSSR count). The number of hydrogen-bond acceptors (Lipinski definition) is 4. The third-order valence-electron chi connectivity index (χ3n) is 3.76. The number of carbonyl (C=O) groups is 1. The molecular weight excluding hydrogens is 190 g/mol. The SMILES string of the molecule is CNC1(C(=O)C2CNCCN2)CCCC1. The third-order valence-corrected chi connectivity index (χ3v) is 3.76. The maximum Gasteiger partial charge on any atom is 0.170 e. The maximum absolute atomic E-state index is 12.4. The van der Waals surface area contributed by atoms with Gasteiger partial charge in [-0.2, -0.15) is 0 Å². The van der Waals surface area contributed by atoms with E-state index >= 15 is 0 Å². The lowest BCUT2D eigenvalue weighted by Gasteiger charge is -2.33. The fourth-order valence-corrected chi connectivity index (χ4v) is 2.77. The number of ketones is 1. The van der Waals surface area contributed by atoms with Crippen LogP contribution in [0.15, 0.2) is 0 Å². The van der Waals surface area contributed by atoms with Crippen LogP contribution < -0.4 is 16.0 Å². The molecular formula is C11H21N3O. The summed E-state index contributed by atoms with van der Waals surface area (Å²) in [4.78, 5) is 12.4. The van der Waals surface area contributed by atoms with Gasteiger partial charge in [0.05, 0.1) is 11.6 Å². The van der Waals surface area contributed by atoms with Gasteiger partial charge in [-0.15, -0.1) is 0 Å². The lowest BCUT2D eigenvalue weighted by Crippen LogP contribution is -2.61. The zero-order chi connectivity index (χ0) is 10.7. The second-order valence-electron chi connectivity index (χ2n) is 4.61. The van der Waals surface area contributed by atoms with Crippen molar-refractivity contribution in [3.05, 3.63) is 0 Å². The molecule has 1 atom stereocenters. The van der Waals surface area contributed by atoms with Crippen LogP contribution in [0, 0.1) is 0 Å². The van der Waals surface area contributed by atoms with Gasteiger partial charge in [0, 0.05) is 19.6 Å². The van der Waals surface area contributed by atoms with Gasteiger partial charge in [0.15, 0.2) is 5.78 Å². The number of nitrogens with one attached hydrogen (secondary N) is 3. The van der Waals surface area contributed by atoms with E-state index in [0.29, 0.717) is 5.78 Å². The Hall–Kier alpha value is -0.450. The van der Waals surface area contributed by atoms with Crippen molar-refractivity contribution in [1.29, 1.82) is 0 Å². The average molecular weight is 211 g/mol. The van der Waals surface area contributed by atoms with E-state index in [9.17, 15) is 4.79 Å². The summed E-state index contributed by atoms with van der Waals surface area (Å²) < 4.78 is 0. The quantitative estimate of drug-likeness (QED) is 0.597. The lowest BCUT2D eigenvalue weighted by molar-refractivity contribution is -0.127. The molecule has 0 bridgehead atoms. The normalized spacial score (nSPS) is 30.3. The highest BCUT2D eigenvalue weighted by Crippen LogP contribution is 2.31. The minimum absolute atomic E-state index is 0.00398. The first-order chi connectivity index (χ1) is 7.28. The molecule has 15 heavy (non-hydrogen) atoms. The second-order valence-corrected chi connectivity index (χ2v) is 4.61. The Labute approximate surface area is 91.2 Å². The second kappa shape index (κ2) is 4.60. The van der Waals surface area contributed by atoms with Crippen molar-refractivity contribution in [2.24, 2.45) is 0 Å². The molecule has 1 heterocycles. The van der Waals surface area contributed by atoms with Crippen LogP contribution >= 0.6 is 0 Å². The number of rotatable bonds is 3. The largest absolute Gasteiger partial charge is 0.313 e. The highest BCUT2D eigenvalue weighted by Gasteiger charge is 2.42. The van der Waals surface area contributed by atoms with E-state index in [0.717, 1.165) is 32.5 Å². The van der Waals surface area contributed by atoms with Gasteiger partial charge < -0.3 is 16.0 Å². The van der Waals surface area contributed by atoms with Crippen LogP contribution in [-0.2, 0) is 4.79 Å². The zero-order valence-electron chi connectivity index (χ0n) is 9.44. The average Bonchev–Trinajstić information content (AvgIpc) is 2.79. The fourth-order valence-electron chi connectivity index (χ4n) is 2.77. The molecule has 3 N–H and O–H groups in total. The number of piperazine rings is 1. The molecule has 1 unspecified atom stereocenters. The van der Waals surface area contributed by atoms with E-state index in [4.69, 9.17) is 0 Å².